The summed E-state index contributed by atoms with van der Waals surface area (Å²) < 4.78 is 6.02. The first-order valence-electron chi connectivity index (χ1n) is 6.07. The Morgan fingerprint density at radius 3 is 2.75 bits per heavy atom. The molecule has 20 heavy (non-hydrogen) atoms. The quantitative estimate of drug-likeness (QED) is 0.843. The van der Waals surface area contributed by atoms with Gasteiger partial charge in [0.25, 0.3) is 0 Å². The van der Waals surface area contributed by atoms with Crippen LogP contribution in [-0.4, -0.2) is 13.0 Å². The topological polar surface area (TPSA) is 64.3 Å². The zero-order valence-electron chi connectivity index (χ0n) is 11.0. The van der Waals surface area contributed by atoms with Gasteiger partial charge in [-0.15, -0.1) is 0 Å². The largest absolute Gasteiger partial charge is 0.495 e. The minimum Gasteiger partial charge on any atom is -0.495 e. The first-order valence-corrected chi connectivity index (χ1v) is 6.86. The van der Waals surface area contributed by atoms with E-state index in [9.17, 15) is 4.79 Å². The molecule has 0 atom stereocenters. The van der Waals surface area contributed by atoms with Gasteiger partial charge < -0.3 is 15.8 Å². The lowest BCUT2D eigenvalue weighted by Gasteiger charge is -2.09. The molecule has 0 saturated heterocycles. The van der Waals surface area contributed by atoms with E-state index >= 15 is 0 Å². The van der Waals surface area contributed by atoms with Crippen molar-refractivity contribution in [2.45, 2.75) is 6.42 Å². The standard InChI is InChI=1S/C15H15BrN2O2/c1-20-14-9-11(6-7-12(14)16)18-15(19)8-10-4-2-3-5-13(10)17/h2-7,9H,8,17H2,1H3,(H,18,19). The third-order valence-corrected chi connectivity index (χ3v) is 3.50. The van der Waals surface area contributed by atoms with E-state index in [4.69, 9.17) is 10.5 Å². The minimum absolute atomic E-state index is 0.118. The smallest absolute Gasteiger partial charge is 0.228 e. The molecule has 0 radical (unpaired) electrons. The van der Waals surface area contributed by atoms with Gasteiger partial charge in [0.05, 0.1) is 18.0 Å². The molecule has 0 unspecified atom stereocenters. The molecule has 2 aromatic rings. The van der Waals surface area contributed by atoms with Crippen molar-refractivity contribution in [2.75, 3.05) is 18.2 Å². The van der Waals surface area contributed by atoms with E-state index in [1.807, 2.05) is 24.3 Å². The third-order valence-electron chi connectivity index (χ3n) is 2.84. The van der Waals surface area contributed by atoms with Crippen molar-refractivity contribution in [1.29, 1.82) is 0 Å². The number of nitrogens with one attached hydrogen (secondary N) is 1. The molecule has 5 heteroatoms. The number of nitrogen functional groups attached to an aromatic ring is 1. The Labute approximate surface area is 126 Å². The van der Waals surface area contributed by atoms with Gasteiger partial charge in [0, 0.05) is 17.4 Å². The summed E-state index contributed by atoms with van der Waals surface area (Å²) in [6.45, 7) is 0. The van der Waals surface area contributed by atoms with Crippen molar-refractivity contribution in [3.63, 3.8) is 0 Å². The number of rotatable bonds is 4. The third kappa shape index (κ3) is 3.51. The van der Waals surface area contributed by atoms with Crippen LogP contribution in [0.15, 0.2) is 46.9 Å². The van der Waals surface area contributed by atoms with Crippen LogP contribution in [-0.2, 0) is 11.2 Å². The Balaban J connectivity index is 2.07. The van der Waals surface area contributed by atoms with Crippen molar-refractivity contribution in [1.82, 2.24) is 0 Å². The molecule has 0 aliphatic heterocycles. The van der Waals surface area contributed by atoms with Crippen LogP contribution in [0.1, 0.15) is 5.56 Å². The number of amides is 1. The molecule has 0 aromatic heterocycles. The molecule has 0 fully saturated rings. The zero-order valence-corrected chi connectivity index (χ0v) is 12.6. The molecular formula is C15H15BrN2O2. The van der Waals surface area contributed by atoms with E-state index in [0.717, 1.165) is 10.0 Å². The Morgan fingerprint density at radius 2 is 2.05 bits per heavy atom. The first kappa shape index (κ1) is 14.4. The number of hydrogen-bond donors (Lipinski definition) is 2. The van der Waals surface area contributed by atoms with Gasteiger partial charge in [-0.05, 0) is 39.7 Å². The molecule has 0 aliphatic rings. The predicted octanol–water partition coefficient (Wildman–Crippen LogP) is 3.22. The molecule has 4 nitrogen and oxygen atoms in total. The maximum absolute atomic E-state index is 12.0. The predicted molar refractivity (Wildman–Crippen MR) is 83.9 cm³/mol. The van der Waals surface area contributed by atoms with Gasteiger partial charge in [0.1, 0.15) is 5.75 Å². The molecule has 2 aromatic carbocycles. The van der Waals surface area contributed by atoms with Gasteiger partial charge >= 0.3 is 0 Å². The number of ether oxygens (including phenoxy) is 1. The maximum atomic E-state index is 12.0. The highest BCUT2D eigenvalue weighted by Gasteiger charge is 2.08. The lowest BCUT2D eigenvalue weighted by atomic mass is 10.1. The summed E-state index contributed by atoms with van der Waals surface area (Å²) in [5.74, 6) is 0.550. The van der Waals surface area contributed by atoms with Crippen LogP contribution in [0.25, 0.3) is 0 Å². The molecular weight excluding hydrogens is 320 g/mol. The van der Waals surface area contributed by atoms with Gasteiger partial charge in [-0.2, -0.15) is 0 Å². The minimum atomic E-state index is -0.118. The van der Waals surface area contributed by atoms with E-state index in [2.05, 4.69) is 21.2 Å². The number of nitrogens with two attached hydrogens (primary N) is 1. The number of benzene rings is 2. The second-order valence-electron chi connectivity index (χ2n) is 4.27. The summed E-state index contributed by atoms with van der Waals surface area (Å²) in [5.41, 5.74) is 7.94. The molecule has 3 N–H and O–H groups in total. The van der Waals surface area contributed by atoms with Crippen LogP contribution in [0.4, 0.5) is 11.4 Å². The molecule has 0 bridgehead atoms. The van der Waals surface area contributed by atoms with E-state index in [1.54, 1.807) is 25.3 Å². The Kier molecular flexibility index (Phi) is 4.63. The normalized spacial score (nSPS) is 10.1. The maximum Gasteiger partial charge on any atom is 0.228 e. The first-order chi connectivity index (χ1) is 9.60. The molecule has 104 valence electrons. The van der Waals surface area contributed by atoms with Gasteiger partial charge in [-0.1, -0.05) is 18.2 Å². The lowest BCUT2D eigenvalue weighted by molar-refractivity contribution is -0.115. The summed E-state index contributed by atoms with van der Waals surface area (Å²) in [6, 6.07) is 12.7. The van der Waals surface area contributed by atoms with Crippen LogP contribution >= 0.6 is 15.9 Å². The van der Waals surface area contributed by atoms with Gasteiger partial charge in [0.2, 0.25) is 5.91 Å². The van der Waals surface area contributed by atoms with E-state index in [1.165, 1.54) is 0 Å². The summed E-state index contributed by atoms with van der Waals surface area (Å²) in [6.07, 6.45) is 0.241. The van der Waals surface area contributed by atoms with Crippen molar-refractivity contribution in [3.05, 3.63) is 52.5 Å². The van der Waals surface area contributed by atoms with Crippen LogP contribution in [0.5, 0.6) is 5.75 Å². The summed E-state index contributed by atoms with van der Waals surface area (Å²) in [5, 5.41) is 2.82. The fourth-order valence-corrected chi connectivity index (χ4v) is 2.22. The number of methoxy groups -OCH3 is 1. The molecule has 0 heterocycles. The summed E-state index contributed by atoms with van der Waals surface area (Å²) >= 11 is 3.37. The average Bonchev–Trinajstić information content (AvgIpc) is 2.43. The molecule has 0 saturated carbocycles. The Hall–Kier alpha value is -2.01. The molecule has 0 spiro atoms. The number of halogens is 1. The summed E-state index contributed by atoms with van der Waals surface area (Å²) in [7, 11) is 1.58. The molecule has 2 rings (SSSR count). The highest BCUT2D eigenvalue weighted by Crippen LogP contribution is 2.27. The highest BCUT2D eigenvalue weighted by atomic mass is 79.9. The molecule has 1 amide bonds. The highest BCUT2D eigenvalue weighted by molar-refractivity contribution is 9.10. The van der Waals surface area contributed by atoms with Crippen LogP contribution in [0.2, 0.25) is 0 Å². The van der Waals surface area contributed by atoms with Gasteiger partial charge in [-0.25, -0.2) is 0 Å². The zero-order chi connectivity index (χ0) is 14.5. The van der Waals surface area contributed by atoms with E-state index in [-0.39, 0.29) is 12.3 Å². The number of para-hydroxylation sites is 1. The van der Waals surface area contributed by atoms with Crippen molar-refractivity contribution in [2.24, 2.45) is 0 Å². The summed E-state index contributed by atoms with van der Waals surface area (Å²) in [4.78, 5) is 12.0. The van der Waals surface area contributed by atoms with E-state index in [0.29, 0.717) is 17.1 Å². The van der Waals surface area contributed by atoms with Gasteiger partial charge in [0.15, 0.2) is 0 Å². The SMILES string of the molecule is COc1cc(NC(=O)Cc2ccccc2N)ccc1Br. The van der Waals surface area contributed by atoms with Crippen LogP contribution in [0, 0.1) is 0 Å². The Bertz CT molecular complexity index is 629. The second kappa shape index (κ2) is 6.43. The monoisotopic (exact) mass is 334 g/mol. The van der Waals surface area contributed by atoms with E-state index < -0.39 is 0 Å². The number of anilines is 2. The van der Waals surface area contributed by atoms with Crippen molar-refractivity contribution >= 4 is 33.2 Å². The second-order valence-corrected chi connectivity index (χ2v) is 5.13. The molecule has 0 aliphatic carbocycles. The fraction of sp³-hybridized carbons (Fsp3) is 0.133. The average molecular weight is 335 g/mol. The number of carbonyl (C=O) groups excluding carboxylic acids is 1. The number of hydrogen-bond acceptors (Lipinski definition) is 3. The van der Waals surface area contributed by atoms with Crippen molar-refractivity contribution in [3.8, 4) is 5.75 Å². The van der Waals surface area contributed by atoms with Crippen LogP contribution < -0.4 is 15.8 Å². The van der Waals surface area contributed by atoms with Crippen LogP contribution in [0.3, 0.4) is 0 Å². The fourth-order valence-electron chi connectivity index (χ4n) is 1.81. The van der Waals surface area contributed by atoms with Gasteiger partial charge in [-0.3, -0.25) is 4.79 Å². The number of carbonyl (C=O) groups is 1. The Morgan fingerprint density at radius 1 is 1.30 bits per heavy atom. The lowest BCUT2D eigenvalue weighted by Crippen LogP contribution is -2.15. The van der Waals surface area contributed by atoms with Crippen molar-refractivity contribution < 1.29 is 9.53 Å².